The fourth-order valence-corrected chi connectivity index (χ4v) is 2.30. The monoisotopic (exact) mass is 361 g/mol. The van der Waals surface area contributed by atoms with Crippen LogP contribution >= 0.6 is 22.6 Å². The number of hydrogen-bond acceptors (Lipinski definition) is 2. The Kier molecular flexibility index (Phi) is 4.11. The SMILES string of the molecule is COc1ccnc(-c2ccc(F)c(CI)c2F)c1. The first-order valence-corrected chi connectivity index (χ1v) is 6.73. The van der Waals surface area contributed by atoms with Crippen molar-refractivity contribution >= 4 is 22.6 Å². The van der Waals surface area contributed by atoms with Gasteiger partial charge in [0.25, 0.3) is 0 Å². The number of nitrogens with zero attached hydrogens (tertiary/aromatic N) is 1. The molecule has 0 N–H and O–H groups in total. The summed E-state index contributed by atoms with van der Waals surface area (Å²) in [5, 5.41) is 0. The summed E-state index contributed by atoms with van der Waals surface area (Å²) < 4.78 is 32.9. The van der Waals surface area contributed by atoms with Crippen LogP contribution in [0.2, 0.25) is 0 Å². The van der Waals surface area contributed by atoms with Gasteiger partial charge < -0.3 is 4.74 Å². The molecule has 94 valence electrons. The normalized spacial score (nSPS) is 10.4. The van der Waals surface area contributed by atoms with E-state index in [1.54, 1.807) is 12.1 Å². The average Bonchev–Trinajstić information content (AvgIpc) is 2.39. The van der Waals surface area contributed by atoms with E-state index in [2.05, 4.69) is 4.98 Å². The zero-order chi connectivity index (χ0) is 13.1. The Morgan fingerprint density at radius 2 is 2.06 bits per heavy atom. The summed E-state index contributed by atoms with van der Waals surface area (Å²) in [6, 6.07) is 5.94. The minimum atomic E-state index is -0.565. The fourth-order valence-electron chi connectivity index (χ4n) is 1.60. The molecule has 0 aliphatic rings. The second-order valence-electron chi connectivity index (χ2n) is 3.60. The molecule has 0 radical (unpaired) electrons. The van der Waals surface area contributed by atoms with Crippen LogP contribution in [0.3, 0.4) is 0 Å². The lowest BCUT2D eigenvalue weighted by atomic mass is 10.1. The number of rotatable bonds is 3. The summed E-state index contributed by atoms with van der Waals surface area (Å²) in [5.41, 5.74) is 0.776. The van der Waals surface area contributed by atoms with Crippen LogP contribution in [0.15, 0.2) is 30.5 Å². The molecule has 0 atom stereocenters. The highest BCUT2D eigenvalue weighted by molar-refractivity contribution is 14.1. The number of benzene rings is 1. The van der Waals surface area contributed by atoms with E-state index >= 15 is 0 Å². The maximum absolute atomic E-state index is 14.1. The van der Waals surface area contributed by atoms with Gasteiger partial charge in [0.2, 0.25) is 0 Å². The molecule has 2 rings (SSSR count). The molecule has 1 aromatic carbocycles. The van der Waals surface area contributed by atoms with Crippen molar-refractivity contribution in [1.29, 1.82) is 0 Å². The van der Waals surface area contributed by atoms with Crippen LogP contribution in [0.5, 0.6) is 5.75 Å². The van der Waals surface area contributed by atoms with E-state index < -0.39 is 11.6 Å². The Bertz CT molecular complexity index is 575. The van der Waals surface area contributed by atoms with Gasteiger partial charge >= 0.3 is 0 Å². The van der Waals surface area contributed by atoms with Crippen LogP contribution in [0.1, 0.15) is 5.56 Å². The Morgan fingerprint density at radius 3 is 2.72 bits per heavy atom. The van der Waals surface area contributed by atoms with Crippen molar-refractivity contribution in [2.75, 3.05) is 7.11 Å². The van der Waals surface area contributed by atoms with Crippen LogP contribution in [-0.4, -0.2) is 12.1 Å². The van der Waals surface area contributed by atoms with Crippen LogP contribution < -0.4 is 4.74 Å². The van der Waals surface area contributed by atoms with E-state index in [4.69, 9.17) is 4.74 Å². The van der Waals surface area contributed by atoms with Crippen LogP contribution in [-0.2, 0) is 4.43 Å². The van der Waals surface area contributed by atoms with Crippen molar-refractivity contribution < 1.29 is 13.5 Å². The lowest BCUT2D eigenvalue weighted by molar-refractivity contribution is 0.414. The molecular weight excluding hydrogens is 351 g/mol. The third-order valence-electron chi connectivity index (χ3n) is 2.56. The van der Waals surface area contributed by atoms with E-state index in [0.717, 1.165) is 0 Å². The molecule has 5 heteroatoms. The van der Waals surface area contributed by atoms with Crippen LogP contribution in [0.25, 0.3) is 11.3 Å². The second-order valence-corrected chi connectivity index (χ2v) is 4.36. The Hall–Kier alpha value is -1.24. The number of ether oxygens (including phenoxy) is 1. The summed E-state index contributed by atoms with van der Waals surface area (Å²) in [7, 11) is 1.52. The molecular formula is C13H10F2INO. The van der Waals surface area contributed by atoms with Gasteiger partial charge in [0.1, 0.15) is 17.4 Å². The predicted octanol–water partition coefficient (Wildman–Crippen LogP) is 3.97. The molecule has 0 unspecified atom stereocenters. The topological polar surface area (TPSA) is 22.1 Å². The van der Waals surface area contributed by atoms with Gasteiger partial charge in [-0.25, -0.2) is 8.78 Å². The zero-order valence-electron chi connectivity index (χ0n) is 9.58. The second kappa shape index (κ2) is 5.60. The Morgan fingerprint density at radius 1 is 1.28 bits per heavy atom. The molecule has 1 aromatic heterocycles. The lowest BCUT2D eigenvalue weighted by Gasteiger charge is -2.08. The third kappa shape index (κ3) is 2.45. The summed E-state index contributed by atoms with van der Waals surface area (Å²) in [6.07, 6.45) is 1.53. The Balaban J connectivity index is 2.57. The molecule has 1 heterocycles. The van der Waals surface area contributed by atoms with E-state index in [0.29, 0.717) is 11.4 Å². The van der Waals surface area contributed by atoms with Crippen LogP contribution in [0, 0.1) is 11.6 Å². The molecule has 0 spiro atoms. The molecule has 0 bridgehead atoms. The van der Waals surface area contributed by atoms with Crippen molar-refractivity contribution in [3.05, 3.63) is 47.7 Å². The number of alkyl halides is 1. The molecule has 2 nitrogen and oxygen atoms in total. The van der Waals surface area contributed by atoms with Gasteiger partial charge in [-0.15, -0.1) is 0 Å². The number of methoxy groups -OCH3 is 1. The van der Waals surface area contributed by atoms with E-state index in [-0.39, 0.29) is 15.6 Å². The molecule has 18 heavy (non-hydrogen) atoms. The van der Waals surface area contributed by atoms with Gasteiger partial charge in [0, 0.05) is 27.8 Å². The zero-order valence-corrected chi connectivity index (χ0v) is 11.7. The lowest BCUT2D eigenvalue weighted by Crippen LogP contribution is -1.97. The molecule has 0 saturated carbocycles. The highest BCUT2D eigenvalue weighted by Gasteiger charge is 2.15. The smallest absolute Gasteiger partial charge is 0.139 e. The fraction of sp³-hybridized carbons (Fsp3) is 0.154. The van der Waals surface area contributed by atoms with Gasteiger partial charge in [-0.2, -0.15) is 0 Å². The van der Waals surface area contributed by atoms with E-state index in [1.165, 1.54) is 25.4 Å². The van der Waals surface area contributed by atoms with Crippen molar-refractivity contribution in [3.8, 4) is 17.0 Å². The highest BCUT2D eigenvalue weighted by Crippen LogP contribution is 2.28. The van der Waals surface area contributed by atoms with Gasteiger partial charge in [0.05, 0.1) is 12.8 Å². The molecule has 2 aromatic rings. The van der Waals surface area contributed by atoms with Crippen molar-refractivity contribution in [2.24, 2.45) is 0 Å². The van der Waals surface area contributed by atoms with Crippen molar-refractivity contribution in [3.63, 3.8) is 0 Å². The third-order valence-corrected chi connectivity index (χ3v) is 3.33. The van der Waals surface area contributed by atoms with Gasteiger partial charge in [-0.3, -0.25) is 4.98 Å². The van der Waals surface area contributed by atoms with Gasteiger partial charge in [0.15, 0.2) is 0 Å². The minimum absolute atomic E-state index is 0.0673. The minimum Gasteiger partial charge on any atom is -0.497 e. The molecule has 0 fully saturated rings. The molecule has 0 amide bonds. The molecule has 0 aliphatic carbocycles. The van der Waals surface area contributed by atoms with Crippen LogP contribution in [0.4, 0.5) is 8.78 Å². The summed E-state index contributed by atoms with van der Waals surface area (Å²) >= 11 is 1.93. The standard InChI is InChI=1S/C13H10F2INO/c1-18-8-4-5-17-12(6-8)9-2-3-11(14)10(7-16)13(9)15/h2-6H,7H2,1H3. The number of pyridine rings is 1. The first-order chi connectivity index (χ1) is 8.67. The number of hydrogen-bond donors (Lipinski definition) is 0. The first-order valence-electron chi connectivity index (χ1n) is 5.20. The van der Waals surface area contributed by atoms with Crippen molar-refractivity contribution in [2.45, 2.75) is 4.43 Å². The summed E-state index contributed by atoms with van der Waals surface area (Å²) in [5.74, 6) is -0.515. The number of halogens is 3. The van der Waals surface area contributed by atoms with Gasteiger partial charge in [-0.05, 0) is 18.2 Å². The average molecular weight is 361 g/mol. The molecule has 0 aliphatic heterocycles. The maximum Gasteiger partial charge on any atom is 0.139 e. The van der Waals surface area contributed by atoms with E-state index in [9.17, 15) is 8.78 Å². The molecule has 0 saturated heterocycles. The summed E-state index contributed by atoms with van der Waals surface area (Å²) in [6.45, 7) is 0. The first kappa shape index (κ1) is 13.2. The Labute approximate surface area is 117 Å². The largest absolute Gasteiger partial charge is 0.497 e. The highest BCUT2D eigenvalue weighted by atomic mass is 127. The quantitative estimate of drug-likeness (QED) is 0.610. The van der Waals surface area contributed by atoms with Gasteiger partial charge in [-0.1, -0.05) is 22.6 Å². The predicted molar refractivity (Wildman–Crippen MR) is 73.9 cm³/mol. The summed E-state index contributed by atoms with van der Waals surface area (Å²) in [4.78, 5) is 4.08. The van der Waals surface area contributed by atoms with Crippen molar-refractivity contribution in [1.82, 2.24) is 4.98 Å². The maximum atomic E-state index is 14.1. The number of aromatic nitrogens is 1. The van der Waals surface area contributed by atoms with E-state index in [1.807, 2.05) is 22.6 Å².